The molecule has 11 heteroatoms. The van der Waals surface area contributed by atoms with Crippen LogP contribution >= 0.6 is 11.6 Å². The number of likely N-dealkylation sites (tertiary alicyclic amines) is 1. The summed E-state index contributed by atoms with van der Waals surface area (Å²) in [4.78, 5) is 22.5. The highest BCUT2D eigenvalue weighted by Gasteiger charge is 2.48. The Bertz CT molecular complexity index is 1190. The van der Waals surface area contributed by atoms with Gasteiger partial charge < -0.3 is 24.8 Å². The van der Waals surface area contributed by atoms with Gasteiger partial charge >= 0.3 is 6.09 Å². The van der Waals surface area contributed by atoms with Crippen molar-refractivity contribution < 1.29 is 23.8 Å². The average molecular weight is 516 g/mol. The summed E-state index contributed by atoms with van der Waals surface area (Å²) in [6, 6.07) is 6.60. The van der Waals surface area contributed by atoms with E-state index in [-0.39, 0.29) is 58.9 Å². The fourth-order valence-electron chi connectivity index (χ4n) is 5.11. The van der Waals surface area contributed by atoms with E-state index in [2.05, 4.69) is 15.3 Å². The van der Waals surface area contributed by atoms with E-state index in [1.807, 2.05) is 13.0 Å². The first-order chi connectivity index (χ1) is 17.3. The van der Waals surface area contributed by atoms with Gasteiger partial charge in [0.2, 0.25) is 5.82 Å². The summed E-state index contributed by atoms with van der Waals surface area (Å²) in [6.45, 7) is 2.80. The number of piperidine rings is 1. The van der Waals surface area contributed by atoms with Gasteiger partial charge in [0.1, 0.15) is 18.0 Å². The van der Waals surface area contributed by atoms with Crippen LogP contribution < -0.4 is 10.1 Å². The third kappa shape index (κ3) is 5.04. The molecule has 9 nitrogen and oxygen atoms in total. The molecule has 36 heavy (non-hydrogen) atoms. The molecule has 0 radical (unpaired) electrons. The smallest absolute Gasteiger partial charge is 0.410 e. The first-order valence-corrected chi connectivity index (χ1v) is 12.4. The molecule has 1 aromatic carbocycles. The van der Waals surface area contributed by atoms with Gasteiger partial charge in [-0.15, -0.1) is 0 Å². The van der Waals surface area contributed by atoms with Crippen LogP contribution in [0.25, 0.3) is 0 Å². The Labute approximate surface area is 213 Å². The number of aliphatic hydroxyl groups excluding tert-OH is 1. The topological polar surface area (TPSA) is 121 Å². The molecule has 2 atom stereocenters. The second kappa shape index (κ2) is 9.71. The highest BCUT2D eigenvalue weighted by molar-refractivity contribution is 6.33. The maximum atomic E-state index is 15.4. The average Bonchev–Trinajstić information content (AvgIpc) is 3.58. The van der Waals surface area contributed by atoms with Crippen molar-refractivity contribution >= 4 is 29.2 Å². The highest BCUT2D eigenvalue weighted by Crippen LogP contribution is 2.43. The van der Waals surface area contributed by atoms with Crippen LogP contribution in [0.5, 0.6) is 5.88 Å². The minimum absolute atomic E-state index is 0.0591. The Hall–Kier alpha value is -3.16. The number of carbonyl (C=O) groups excluding carboxylic acids is 1. The number of halogens is 2. The number of hydrogen-bond acceptors (Lipinski definition) is 8. The summed E-state index contributed by atoms with van der Waals surface area (Å²) in [5.41, 5.74) is 0.406. The van der Waals surface area contributed by atoms with E-state index in [4.69, 9.17) is 26.3 Å². The van der Waals surface area contributed by atoms with Crippen molar-refractivity contribution in [2.75, 3.05) is 25.0 Å². The summed E-state index contributed by atoms with van der Waals surface area (Å²) < 4.78 is 27.2. The number of aromatic nitrogens is 2. The second-order valence-corrected chi connectivity index (χ2v) is 10.5. The standard InChI is InChI=1S/C25H27ClFN5O4/c1-25(4-5-25)36-24(34)32-10-16-6-15(12-33)7-17(11-32)21(16)35-23-20(27)22(29-13-30-23)31-19-3-2-14(9-28)8-18(19)26/h2-3,8,13,15-17,21,33H,4-7,10-12H2,1H3,(H,29,30,31). The molecule has 2 unspecified atom stereocenters. The van der Waals surface area contributed by atoms with Crippen LogP contribution in [-0.2, 0) is 4.74 Å². The molecule has 1 amide bonds. The van der Waals surface area contributed by atoms with Crippen molar-refractivity contribution in [1.29, 1.82) is 5.26 Å². The molecule has 3 aliphatic rings. The van der Waals surface area contributed by atoms with Gasteiger partial charge in [-0.3, -0.25) is 0 Å². The molecule has 2 saturated carbocycles. The van der Waals surface area contributed by atoms with Gasteiger partial charge in [-0.25, -0.2) is 9.78 Å². The molecular weight excluding hydrogens is 489 g/mol. The van der Waals surface area contributed by atoms with E-state index in [0.717, 1.165) is 12.8 Å². The number of aliphatic hydroxyl groups is 1. The van der Waals surface area contributed by atoms with Gasteiger partial charge in [0.15, 0.2) is 5.82 Å². The predicted molar refractivity (Wildman–Crippen MR) is 128 cm³/mol. The summed E-state index contributed by atoms with van der Waals surface area (Å²) in [6.07, 6.45) is 3.54. The predicted octanol–water partition coefficient (Wildman–Crippen LogP) is 4.27. The maximum absolute atomic E-state index is 15.4. The number of nitriles is 1. The van der Waals surface area contributed by atoms with Gasteiger partial charge in [-0.05, 0) is 56.7 Å². The summed E-state index contributed by atoms with van der Waals surface area (Å²) in [5, 5.41) is 21.9. The number of anilines is 2. The van der Waals surface area contributed by atoms with Gasteiger partial charge in [0.05, 0.1) is 22.3 Å². The Morgan fingerprint density at radius 1 is 1.33 bits per heavy atom. The Morgan fingerprint density at radius 2 is 2.06 bits per heavy atom. The molecule has 1 aromatic heterocycles. The zero-order chi connectivity index (χ0) is 25.4. The highest BCUT2D eigenvalue weighted by atomic mass is 35.5. The molecule has 2 heterocycles. The Kier molecular flexibility index (Phi) is 6.62. The summed E-state index contributed by atoms with van der Waals surface area (Å²) in [7, 11) is 0. The molecule has 190 valence electrons. The van der Waals surface area contributed by atoms with Crippen LogP contribution in [-0.4, -0.2) is 57.5 Å². The van der Waals surface area contributed by atoms with Crippen LogP contribution in [0.3, 0.4) is 0 Å². The lowest BCUT2D eigenvalue weighted by Gasteiger charge is -2.48. The van der Waals surface area contributed by atoms with E-state index in [1.54, 1.807) is 17.0 Å². The zero-order valence-corrected chi connectivity index (χ0v) is 20.5. The molecular formula is C25H27ClFN5O4. The largest absolute Gasteiger partial charge is 0.471 e. The van der Waals surface area contributed by atoms with Crippen molar-refractivity contribution in [1.82, 2.24) is 14.9 Å². The summed E-state index contributed by atoms with van der Waals surface area (Å²) >= 11 is 6.21. The van der Waals surface area contributed by atoms with Crippen molar-refractivity contribution in [2.45, 2.75) is 44.3 Å². The first kappa shape index (κ1) is 24.5. The van der Waals surface area contributed by atoms with Crippen LogP contribution in [0.1, 0.15) is 38.2 Å². The summed E-state index contributed by atoms with van der Waals surface area (Å²) in [5.74, 6) is -1.17. The quantitative estimate of drug-likeness (QED) is 0.585. The minimum Gasteiger partial charge on any atom is -0.471 e. The third-order valence-corrected chi connectivity index (χ3v) is 7.58. The number of amides is 1. The van der Waals surface area contributed by atoms with Gasteiger partial charge in [0, 0.05) is 31.5 Å². The molecule has 2 N–H and O–H groups in total. The molecule has 1 aliphatic heterocycles. The van der Waals surface area contributed by atoms with Crippen LogP contribution in [0, 0.1) is 34.9 Å². The fraction of sp³-hybridized carbons (Fsp3) is 0.520. The molecule has 3 fully saturated rings. The fourth-order valence-corrected chi connectivity index (χ4v) is 5.34. The van der Waals surface area contributed by atoms with Gasteiger partial charge in [-0.2, -0.15) is 14.6 Å². The monoisotopic (exact) mass is 515 g/mol. The SMILES string of the molecule is CC1(OC(=O)N2CC3CC(CO)CC(C2)C3Oc2ncnc(Nc3ccc(C#N)cc3Cl)c2F)CC1. The van der Waals surface area contributed by atoms with Crippen LogP contribution in [0.15, 0.2) is 24.5 Å². The third-order valence-electron chi connectivity index (χ3n) is 7.27. The molecule has 2 bridgehead atoms. The lowest BCUT2D eigenvalue weighted by Crippen LogP contribution is -2.57. The molecule has 5 rings (SSSR count). The number of rotatable bonds is 6. The number of carbonyl (C=O) groups is 1. The van der Waals surface area contributed by atoms with Crippen molar-refractivity contribution in [3.8, 4) is 11.9 Å². The van der Waals surface area contributed by atoms with E-state index in [9.17, 15) is 9.90 Å². The first-order valence-electron chi connectivity index (χ1n) is 12.0. The van der Waals surface area contributed by atoms with E-state index in [1.165, 1.54) is 12.4 Å². The van der Waals surface area contributed by atoms with E-state index in [0.29, 0.717) is 37.2 Å². The molecule has 2 aliphatic carbocycles. The molecule has 1 saturated heterocycles. The maximum Gasteiger partial charge on any atom is 0.410 e. The number of hydrogen-bond donors (Lipinski definition) is 2. The number of benzene rings is 1. The number of nitrogens with zero attached hydrogens (tertiary/aromatic N) is 4. The van der Waals surface area contributed by atoms with Crippen LogP contribution in [0.4, 0.5) is 20.7 Å². The van der Waals surface area contributed by atoms with Gasteiger partial charge in [-0.1, -0.05) is 11.6 Å². The zero-order valence-electron chi connectivity index (χ0n) is 19.8. The van der Waals surface area contributed by atoms with Crippen LogP contribution in [0.2, 0.25) is 5.02 Å². The Balaban J connectivity index is 1.32. The Morgan fingerprint density at radius 3 is 2.67 bits per heavy atom. The molecule has 2 aromatic rings. The van der Waals surface area contributed by atoms with Crippen molar-refractivity contribution in [3.63, 3.8) is 0 Å². The second-order valence-electron chi connectivity index (χ2n) is 10.1. The van der Waals surface area contributed by atoms with Crippen molar-refractivity contribution in [3.05, 3.63) is 40.9 Å². The number of fused-ring (bicyclic) bond motifs is 2. The molecule has 0 spiro atoms. The minimum atomic E-state index is -0.766. The van der Waals surface area contributed by atoms with E-state index < -0.39 is 5.82 Å². The van der Waals surface area contributed by atoms with Gasteiger partial charge in [0.25, 0.3) is 5.88 Å². The van der Waals surface area contributed by atoms with Crippen molar-refractivity contribution in [2.24, 2.45) is 17.8 Å². The van der Waals surface area contributed by atoms with E-state index >= 15 is 4.39 Å². The lowest BCUT2D eigenvalue weighted by atomic mass is 9.70. The number of ether oxygens (including phenoxy) is 2. The lowest BCUT2D eigenvalue weighted by molar-refractivity contribution is -0.0627. The normalized spacial score (nSPS) is 26.0. The number of nitrogens with one attached hydrogen (secondary N) is 1.